The second-order valence-electron chi connectivity index (χ2n) is 5.11. The molecule has 1 heterocycles. The van der Waals surface area contributed by atoms with Gasteiger partial charge in [0.1, 0.15) is 11.5 Å². The lowest BCUT2D eigenvalue weighted by molar-refractivity contribution is 0.0956. The van der Waals surface area contributed by atoms with Crippen molar-refractivity contribution in [2.75, 3.05) is 5.73 Å². The maximum Gasteiger partial charge on any atom is 0.273 e. The van der Waals surface area contributed by atoms with Crippen molar-refractivity contribution in [3.8, 4) is 11.3 Å². The zero-order chi connectivity index (χ0) is 17.8. The molecule has 3 N–H and O–H groups in total. The number of para-hydroxylation sites is 1. The topological polar surface area (TPSA) is 80.6 Å². The Morgan fingerprint density at radius 3 is 2.68 bits per heavy atom. The van der Waals surface area contributed by atoms with Crippen LogP contribution < -0.4 is 11.2 Å². The molecule has 0 fully saturated rings. The van der Waals surface area contributed by atoms with Gasteiger partial charge < -0.3 is 10.2 Å². The first kappa shape index (κ1) is 17.1. The summed E-state index contributed by atoms with van der Waals surface area (Å²) in [6, 6.07) is 15.3. The lowest BCUT2D eigenvalue weighted by atomic mass is 10.2. The molecule has 0 atom stereocenters. The van der Waals surface area contributed by atoms with Gasteiger partial charge in [-0.05, 0) is 42.5 Å². The standard InChI is InChI=1S/C18H13Cl2N3O2/c19-11-5-7-13(15(20)9-11)17-8-6-12(25-17)10-22-23-18(24)14-3-1-2-4-16(14)21/h1-10H,21H2,(H,23,24)/b22-10-. The highest BCUT2D eigenvalue weighted by Crippen LogP contribution is 2.31. The van der Waals surface area contributed by atoms with Gasteiger partial charge in [0.05, 0.1) is 16.8 Å². The van der Waals surface area contributed by atoms with Crippen molar-refractivity contribution in [3.63, 3.8) is 0 Å². The Balaban J connectivity index is 1.70. The predicted molar refractivity (Wildman–Crippen MR) is 100 cm³/mol. The number of furan rings is 1. The molecule has 0 saturated carbocycles. The van der Waals surface area contributed by atoms with E-state index in [0.29, 0.717) is 38.4 Å². The molecule has 3 aromatic rings. The van der Waals surface area contributed by atoms with Crippen molar-refractivity contribution in [2.45, 2.75) is 0 Å². The maximum absolute atomic E-state index is 12.0. The third-order valence-corrected chi connectivity index (χ3v) is 3.93. The van der Waals surface area contributed by atoms with Crippen LogP contribution in [0.15, 0.2) is 64.1 Å². The number of nitrogens with zero attached hydrogens (tertiary/aromatic N) is 1. The largest absolute Gasteiger partial charge is 0.455 e. The highest BCUT2D eigenvalue weighted by Gasteiger charge is 2.09. The molecule has 0 unspecified atom stereocenters. The molecule has 2 aromatic carbocycles. The lowest BCUT2D eigenvalue weighted by Gasteiger charge is -2.02. The number of hydrogen-bond donors (Lipinski definition) is 2. The number of amides is 1. The minimum absolute atomic E-state index is 0.354. The minimum atomic E-state index is -0.401. The van der Waals surface area contributed by atoms with Crippen molar-refractivity contribution in [1.29, 1.82) is 0 Å². The molecule has 7 heteroatoms. The van der Waals surface area contributed by atoms with Gasteiger partial charge in [-0.1, -0.05) is 35.3 Å². The summed E-state index contributed by atoms with van der Waals surface area (Å²) < 4.78 is 5.65. The number of anilines is 1. The van der Waals surface area contributed by atoms with E-state index in [0.717, 1.165) is 0 Å². The molecule has 0 saturated heterocycles. The smallest absolute Gasteiger partial charge is 0.273 e. The normalized spacial score (nSPS) is 11.0. The van der Waals surface area contributed by atoms with Crippen molar-refractivity contribution in [1.82, 2.24) is 5.43 Å². The summed E-state index contributed by atoms with van der Waals surface area (Å²) >= 11 is 12.0. The minimum Gasteiger partial charge on any atom is -0.455 e. The van der Waals surface area contributed by atoms with Gasteiger partial charge in [0, 0.05) is 16.3 Å². The second-order valence-corrected chi connectivity index (χ2v) is 5.96. The van der Waals surface area contributed by atoms with Gasteiger partial charge in [-0.2, -0.15) is 5.10 Å². The molecule has 126 valence electrons. The van der Waals surface area contributed by atoms with E-state index in [9.17, 15) is 4.79 Å². The van der Waals surface area contributed by atoms with E-state index < -0.39 is 5.91 Å². The van der Waals surface area contributed by atoms with Crippen LogP contribution in [0.25, 0.3) is 11.3 Å². The van der Waals surface area contributed by atoms with E-state index >= 15 is 0 Å². The molecule has 1 aromatic heterocycles. The summed E-state index contributed by atoms with van der Waals surface area (Å²) in [5, 5.41) is 4.91. The number of nitrogens with two attached hydrogens (primary N) is 1. The number of hydrogen-bond acceptors (Lipinski definition) is 4. The molecular formula is C18H13Cl2N3O2. The molecule has 3 rings (SSSR count). The van der Waals surface area contributed by atoms with Crippen LogP contribution in [0.5, 0.6) is 0 Å². The Hall–Kier alpha value is -2.76. The third kappa shape index (κ3) is 4.02. The molecule has 25 heavy (non-hydrogen) atoms. The predicted octanol–water partition coefficient (Wildman–Crippen LogP) is 4.60. The Morgan fingerprint density at radius 1 is 1.12 bits per heavy atom. The van der Waals surface area contributed by atoms with Gasteiger partial charge in [-0.3, -0.25) is 4.79 Å². The SMILES string of the molecule is Nc1ccccc1C(=O)N/N=C\c1ccc(-c2ccc(Cl)cc2Cl)o1. The number of rotatable bonds is 4. The van der Waals surface area contributed by atoms with Gasteiger partial charge in [0.2, 0.25) is 0 Å². The Kier molecular flexibility index (Phi) is 5.07. The van der Waals surface area contributed by atoms with Crippen LogP contribution in [0.4, 0.5) is 5.69 Å². The number of nitrogens with one attached hydrogen (secondary N) is 1. The average Bonchev–Trinajstić information content (AvgIpc) is 3.03. The fourth-order valence-corrected chi connectivity index (χ4v) is 2.68. The van der Waals surface area contributed by atoms with Crippen molar-refractivity contribution in [3.05, 3.63) is 76.0 Å². The van der Waals surface area contributed by atoms with Crippen molar-refractivity contribution in [2.24, 2.45) is 5.10 Å². The van der Waals surface area contributed by atoms with Crippen LogP contribution >= 0.6 is 23.2 Å². The molecular weight excluding hydrogens is 361 g/mol. The average molecular weight is 374 g/mol. The van der Waals surface area contributed by atoms with Crippen molar-refractivity contribution < 1.29 is 9.21 Å². The van der Waals surface area contributed by atoms with Crippen LogP contribution in [0.3, 0.4) is 0 Å². The van der Waals surface area contributed by atoms with E-state index in [-0.39, 0.29) is 0 Å². The van der Waals surface area contributed by atoms with E-state index in [4.69, 9.17) is 33.4 Å². The number of hydrazone groups is 1. The fourth-order valence-electron chi connectivity index (χ4n) is 2.17. The summed E-state index contributed by atoms with van der Waals surface area (Å²) in [5.74, 6) is 0.631. The molecule has 5 nitrogen and oxygen atoms in total. The first-order valence-electron chi connectivity index (χ1n) is 7.28. The second kappa shape index (κ2) is 7.42. The van der Waals surface area contributed by atoms with E-state index in [1.807, 2.05) is 0 Å². The van der Waals surface area contributed by atoms with Crippen LogP contribution in [0, 0.1) is 0 Å². The summed E-state index contributed by atoms with van der Waals surface area (Å²) in [7, 11) is 0. The monoisotopic (exact) mass is 373 g/mol. The quantitative estimate of drug-likeness (QED) is 0.398. The molecule has 0 bridgehead atoms. The number of nitrogen functional groups attached to an aromatic ring is 1. The Bertz CT molecular complexity index is 951. The zero-order valence-corrected chi connectivity index (χ0v) is 14.4. The van der Waals surface area contributed by atoms with Gasteiger partial charge in [0.15, 0.2) is 0 Å². The molecule has 0 aliphatic carbocycles. The van der Waals surface area contributed by atoms with Gasteiger partial charge in [0.25, 0.3) is 5.91 Å². The van der Waals surface area contributed by atoms with Gasteiger partial charge in [-0.25, -0.2) is 5.43 Å². The Morgan fingerprint density at radius 2 is 1.92 bits per heavy atom. The van der Waals surface area contributed by atoms with Crippen LogP contribution in [-0.4, -0.2) is 12.1 Å². The lowest BCUT2D eigenvalue weighted by Crippen LogP contribution is -2.18. The first-order valence-corrected chi connectivity index (χ1v) is 8.03. The molecule has 1 amide bonds. The van der Waals surface area contributed by atoms with E-state index in [1.165, 1.54) is 6.21 Å². The fraction of sp³-hybridized carbons (Fsp3) is 0. The summed E-state index contributed by atoms with van der Waals surface area (Å²) in [5.41, 5.74) is 9.60. The molecule has 0 aliphatic heterocycles. The summed E-state index contributed by atoms with van der Waals surface area (Å²) in [6.07, 6.45) is 1.39. The number of carbonyl (C=O) groups excluding carboxylic acids is 1. The van der Waals surface area contributed by atoms with E-state index in [2.05, 4.69) is 10.5 Å². The number of benzene rings is 2. The summed E-state index contributed by atoms with van der Waals surface area (Å²) in [4.78, 5) is 12.0. The van der Waals surface area contributed by atoms with Crippen LogP contribution in [0.1, 0.15) is 16.1 Å². The number of halogens is 2. The summed E-state index contributed by atoms with van der Waals surface area (Å²) in [6.45, 7) is 0. The van der Waals surface area contributed by atoms with Crippen molar-refractivity contribution >= 4 is 41.0 Å². The van der Waals surface area contributed by atoms with Crippen LogP contribution in [0.2, 0.25) is 10.0 Å². The molecule has 0 aliphatic rings. The van der Waals surface area contributed by atoms with E-state index in [1.54, 1.807) is 54.6 Å². The van der Waals surface area contributed by atoms with Gasteiger partial charge >= 0.3 is 0 Å². The highest BCUT2D eigenvalue weighted by molar-refractivity contribution is 6.36. The van der Waals surface area contributed by atoms with Crippen LogP contribution in [-0.2, 0) is 0 Å². The highest BCUT2D eigenvalue weighted by atomic mass is 35.5. The first-order chi connectivity index (χ1) is 12.0. The third-order valence-electron chi connectivity index (χ3n) is 3.39. The maximum atomic E-state index is 12.0. The molecule has 0 spiro atoms. The molecule has 0 radical (unpaired) electrons. The number of carbonyl (C=O) groups is 1. The Labute approximate surface area is 154 Å². The zero-order valence-electron chi connectivity index (χ0n) is 12.9. The van der Waals surface area contributed by atoms with Gasteiger partial charge in [-0.15, -0.1) is 0 Å².